The highest BCUT2D eigenvalue weighted by atomic mass is 16.5. The van der Waals surface area contributed by atoms with E-state index in [9.17, 15) is 0 Å². The first-order chi connectivity index (χ1) is 33.2. The SMILES string of the molecule is CC1(C)C2=C(C=CC(N(c3ccc4c(c3)Oc3ccc5c6c(ccc-4c36)Oc3cc(N(c4ccccc4)c4ccccc4)ccc3-5)c3ccc4c(c3)C(C)(C)c3ccccc3-4)C2)c2ccccc21. The molecule has 4 heteroatoms. The number of hydrogen-bond donors (Lipinski definition) is 0. The van der Waals surface area contributed by atoms with Crippen LogP contribution < -0.4 is 19.3 Å². The Bertz CT molecular complexity index is 3630. The lowest BCUT2D eigenvalue weighted by Crippen LogP contribution is -2.33. The first-order valence-electron chi connectivity index (χ1n) is 23.9. The Balaban J connectivity index is 0.865. The summed E-state index contributed by atoms with van der Waals surface area (Å²) in [5.74, 6) is 3.37. The van der Waals surface area contributed by atoms with Gasteiger partial charge in [0.05, 0.1) is 6.04 Å². The number of benzene rings is 9. The van der Waals surface area contributed by atoms with E-state index in [2.05, 4.69) is 238 Å². The van der Waals surface area contributed by atoms with Crippen molar-refractivity contribution >= 4 is 44.8 Å². The van der Waals surface area contributed by atoms with Gasteiger partial charge in [-0.15, -0.1) is 0 Å². The van der Waals surface area contributed by atoms with Crippen molar-refractivity contribution in [3.63, 3.8) is 0 Å². The molecule has 9 aromatic carbocycles. The Morgan fingerprint density at radius 1 is 0.397 bits per heavy atom. The first-order valence-corrected chi connectivity index (χ1v) is 23.9. The van der Waals surface area contributed by atoms with Gasteiger partial charge in [-0.3, -0.25) is 0 Å². The van der Waals surface area contributed by atoms with Gasteiger partial charge in [0, 0.05) is 73.3 Å². The molecule has 0 saturated heterocycles. The van der Waals surface area contributed by atoms with E-state index in [1.54, 1.807) is 0 Å². The summed E-state index contributed by atoms with van der Waals surface area (Å²) in [6.07, 6.45) is 5.74. The number of allylic oxidation sites excluding steroid dienone is 2. The van der Waals surface area contributed by atoms with E-state index in [4.69, 9.17) is 9.47 Å². The van der Waals surface area contributed by atoms with Crippen molar-refractivity contribution in [2.45, 2.75) is 51.0 Å². The Morgan fingerprint density at radius 2 is 0.882 bits per heavy atom. The summed E-state index contributed by atoms with van der Waals surface area (Å²) >= 11 is 0. The van der Waals surface area contributed by atoms with Gasteiger partial charge >= 0.3 is 0 Å². The fraction of sp³-hybridized carbons (Fsp3) is 0.125. The van der Waals surface area contributed by atoms with Crippen LogP contribution in [0.15, 0.2) is 206 Å². The van der Waals surface area contributed by atoms with Crippen molar-refractivity contribution in [2.24, 2.45) is 0 Å². The van der Waals surface area contributed by atoms with Crippen molar-refractivity contribution < 1.29 is 9.47 Å². The molecule has 0 bridgehead atoms. The summed E-state index contributed by atoms with van der Waals surface area (Å²) in [6.45, 7) is 9.54. The van der Waals surface area contributed by atoms with Crippen molar-refractivity contribution in [3.8, 4) is 56.4 Å². The third kappa shape index (κ3) is 5.55. The first kappa shape index (κ1) is 39.1. The maximum Gasteiger partial charge on any atom is 0.137 e. The Hall–Kier alpha value is -8.08. The molecule has 0 fully saturated rings. The predicted octanol–water partition coefficient (Wildman–Crippen LogP) is 17.4. The maximum atomic E-state index is 7.06. The van der Waals surface area contributed by atoms with Gasteiger partial charge in [-0.2, -0.15) is 0 Å². The second-order valence-corrected chi connectivity index (χ2v) is 20.0. The van der Waals surface area contributed by atoms with Crippen LogP contribution in [-0.2, 0) is 10.8 Å². The molecule has 14 rings (SSSR count). The molecule has 3 aliphatic carbocycles. The molecule has 9 aromatic rings. The predicted molar refractivity (Wildman–Crippen MR) is 280 cm³/mol. The molecule has 5 aliphatic rings. The number of nitrogens with zero attached hydrogens (tertiary/aromatic N) is 2. The minimum absolute atomic E-state index is 0.0684. The molecule has 2 heterocycles. The second kappa shape index (κ2) is 14.2. The van der Waals surface area contributed by atoms with Gasteiger partial charge in [0.1, 0.15) is 23.0 Å². The molecule has 4 nitrogen and oxygen atoms in total. The number of anilines is 5. The molecule has 0 aromatic heterocycles. The number of fused-ring (bicyclic) bond motifs is 9. The molecule has 0 saturated carbocycles. The van der Waals surface area contributed by atoms with Crippen LogP contribution in [0, 0.1) is 0 Å². The fourth-order valence-electron chi connectivity index (χ4n) is 12.3. The van der Waals surface area contributed by atoms with E-state index in [1.165, 1.54) is 50.2 Å². The summed E-state index contributed by atoms with van der Waals surface area (Å²) in [7, 11) is 0. The van der Waals surface area contributed by atoms with Crippen LogP contribution in [0.5, 0.6) is 23.0 Å². The van der Waals surface area contributed by atoms with Crippen LogP contribution in [0.3, 0.4) is 0 Å². The molecule has 0 spiro atoms. The van der Waals surface area contributed by atoms with Crippen LogP contribution >= 0.6 is 0 Å². The van der Waals surface area contributed by atoms with Gasteiger partial charge in [0.2, 0.25) is 0 Å². The van der Waals surface area contributed by atoms with E-state index in [-0.39, 0.29) is 16.9 Å². The van der Waals surface area contributed by atoms with Gasteiger partial charge in [0.25, 0.3) is 0 Å². The van der Waals surface area contributed by atoms with Crippen LogP contribution in [0.4, 0.5) is 28.4 Å². The Labute approximate surface area is 397 Å². The van der Waals surface area contributed by atoms with E-state index in [1.807, 2.05) is 0 Å². The van der Waals surface area contributed by atoms with Crippen LogP contribution in [0.1, 0.15) is 56.4 Å². The molecule has 2 aliphatic heterocycles. The fourth-order valence-corrected chi connectivity index (χ4v) is 12.3. The Morgan fingerprint density at radius 3 is 1.51 bits per heavy atom. The zero-order chi connectivity index (χ0) is 45.5. The van der Waals surface area contributed by atoms with Gasteiger partial charge in [0.15, 0.2) is 0 Å². The highest BCUT2D eigenvalue weighted by Crippen LogP contribution is 2.58. The lowest BCUT2D eigenvalue weighted by atomic mass is 9.77. The van der Waals surface area contributed by atoms with Crippen LogP contribution in [-0.4, -0.2) is 6.04 Å². The summed E-state index contributed by atoms with van der Waals surface area (Å²) in [4.78, 5) is 4.84. The molecule has 68 heavy (non-hydrogen) atoms. The molecular weight excluding hydrogens is 829 g/mol. The number of hydrogen-bond acceptors (Lipinski definition) is 4. The molecular formula is C64H48N2O2. The lowest BCUT2D eigenvalue weighted by molar-refractivity contribution is 0.480. The van der Waals surface area contributed by atoms with Gasteiger partial charge in [-0.25, -0.2) is 0 Å². The average molecular weight is 877 g/mol. The minimum Gasteiger partial charge on any atom is -0.456 e. The monoisotopic (exact) mass is 876 g/mol. The lowest BCUT2D eigenvalue weighted by Gasteiger charge is -2.38. The molecule has 326 valence electrons. The summed E-state index contributed by atoms with van der Waals surface area (Å²) in [6, 6.07) is 68.3. The van der Waals surface area contributed by atoms with Crippen LogP contribution in [0.2, 0.25) is 0 Å². The zero-order valence-electron chi connectivity index (χ0n) is 38.5. The van der Waals surface area contributed by atoms with Crippen LogP contribution in [0.25, 0.3) is 49.7 Å². The highest BCUT2D eigenvalue weighted by molar-refractivity contribution is 6.14. The third-order valence-corrected chi connectivity index (χ3v) is 15.6. The molecule has 0 radical (unpaired) electrons. The van der Waals surface area contributed by atoms with Gasteiger partial charge in [-0.05, 0) is 147 Å². The number of para-hydroxylation sites is 2. The second-order valence-electron chi connectivity index (χ2n) is 20.0. The van der Waals surface area contributed by atoms with E-state index >= 15 is 0 Å². The molecule has 0 N–H and O–H groups in total. The average Bonchev–Trinajstić information content (AvgIpc) is 3.74. The van der Waals surface area contributed by atoms with Crippen molar-refractivity contribution in [3.05, 3.63) is 228 Å². The minimum atomic E-state index is -0.125. The third-order valence-electron chi connectivity index (χ3n) is 15.6. The Kier molecular flexibility index (Phi) is 8.18. The van der Waals surface area contributed by atoms with Crippen molar-refractivity contribution in [2.75, 3.05) is 9.80 Å². The smallest absolute Gasteiger partial charge is 0.137 e. The normalized spacial score (nSPS) is 16.7. The highest BCUT2D eigenvalue weighted by Gasteiger charge is 2.41. The summed E-state index contributed by atoms with van der Waals surface area (Å²) in [5.41, 5.74) is 20.8. The standard InChI is InChI=1S/C64H48N2O2/c1-63(2)53-21-13-11-19-45(53)47-27-23-41(35-55(47)63)66(42-24-28-48-46-20-12-14-22-54(46)64(3,4)56(48)36-42)44-26-30-50-52-32-33-57-61-51(31-34-58(62(52)61)68-60(50)38-44)49-29-25-43(37-59(49)67-57)65(39-15-7-5-8-16-39)40-17-9-6-10-18-40/h5-35,37-38,42H,36H2,1-4H3. The molecule has 1 atom stereocenters. The summed E-state index contributed by atoms with van der Waals surface area (Å²) in [5, 5.41) is 2.16. The summed E-state index contributed by atoms with van der Waals surface area (Å²) < 4.78 is 13.9. The topological polar surface area (TPSA) is 24.9 Å². The van der Waals surface area contributed by atoms with Gasteiger partial charge in [-0.1, -0.05) is 131 Å². The van der Waals surface area contributed by atoms with Crippen molar-refractivity contribution in [1.29, 1.82) is 0 Å². The maximum absolute atomic E-state index is 7.06. The van der Waals surface area contributed by atoms with Gasteiger partial charge < -0.3 is 19.3 Å². The quantitative estimate of drug-likeness (QED) is 0.166. The zero-order valence-corrected chi connectivity index (χ0v) is 38.5. The number of ether oxygens (including phenoxy) is 2. The van der Waals surface area contributed by atoms with E-state index in [0.29, 0.717) is 0 Å². The molecule has 1 unspecified atom stereocenters. The molecule has 0 amide bonds. The van der Waals surface area contributed by atoms with Crippen molar-refractivity contribution in [1.82, 2.24) is 0 Å². The number of rotatable bonds is 6. The van der Waals surface area contributed by atoms with E-state index < -0.39 is 0 Å². The van der Waals surface area contributed by atoms with E-state index in [0.717, 1.165) is 85.2 Å². The largest absolute Gasteiger partial charge is 0.456 e.